The molecule has 4 aromatic rings. The summed E-state index contributed by atoms with van der Waals surface area (Å²) in [6, 6.07) is 13.8. The van der Waals surface area contributed by atoms with Crippen molar-refractivity contribution in [3.8, 4) is 11.4 Å². The third-order valence-corrected chi connectivity index (χ3v) is 7.07. The molecule has 174 valence electrons. The van der Waals surface area contributed by atoms with E-state index in [9.17, 15) is 9.18 Å². The van der Waals surface area contributed by atoms with E-state index >= 15 is 0 Å². The van der Waals surface area contributed by atoms with Crippen molar-refractivity contribution in [2.75, 3.05) is 19.6 Å². The van der Waals surface area contributed by atoms with Gasteiger partial charge in [-0.3, -0.25) is 9.36 Å². The largest absolute Gasteiger partial charge is 0.316 e. The zero-order chi connectivity index (χ0) is 24.1. The fraction of sp³-hybridized carbons (Fsp3) is 0.292. The summed E-state index contributed by atoms with van der Waals surface area (Å²) in [5, 5.41) is 0. The molecule has 0 saturated carbocycles. The van der Waals surface area contributed by atoms with Gasteiger partial charge in [-0.25, -0.2) is 8.96 Å². The van der Waals surface area contributed by atoms with Gasteiger partial charge < -0.3 is 9.88 Å². The summed E-state index contributed by atoms with van der Waals surface area (Å²) in [4.78, 5) is 18.5. The molecule has 0 aliphatic carbocycles. The van der Waals surface area contributed by atoms with Crippen LogP contribution in [-0.4, -0.2) is 38.7 Å². The van der Waals surface area contributed by atoms with Gasteiger partial charge in [0.15, 0.2) is 8.73 Å². The number of fused-ring (bicyclic) bond motifs is 1. The average Bonchev–Trinajstić information content (AvgIpc) is 3.13. The average molecular weight is 503 g/mol. The lowest BCUT2D eigenvalue weighted by Crippen LogP contribution is -2.21. The predicted octanol–water partition coefficient (Wildman–Crippen LogP) is 6.43. The van der Waals surface area contributed by atoms with Crippen molar-refractivity contribution in [1.82, 2.24) is 19.0 Å². The molecule has 0 amide bonds. The van der Waals surface area contributed by atoms with Gasteiger partial charge >= 0.3 is 0 Å². The Balaban J connectivity index is 0.000000383. The zero-order valence-electron chi connectivity index (χ0n) is 19.1. The van der Waals surface area contributed by atoms with Crippen molar-refractivity contribution in [3.05, 3.63) is 79.0 Å². The molecule has 0 aliphatic heterocycles. The number of rotatable bonds is 5. The van der Waals surface area contributed by atoms with E-state index in [1.165, 1.54) is 47.7 Å². The number of hydrogen-bond donors (Lipinski definition) is 1. The minimum atomic E-state index is -0.518. The predicted molar refractivity (Wildman–Crippen MR) is 141 cm³/mol. The summed E-state index contributed by atoms with van der Waals surface area (Å²) < 4.78 is 18.2. The molecule has 0 atom stereocenters. The van der Waals surface area contributed by atoms with Crippen LogP contribution in [0.1, 0.15) is 26.3 Å². The monoisotopic (exact) mass is 502 g/mol. The zero-order valence-corrected chi connectivity index (χ0v) is 21.5. The van der Waals surface area contributed by atoms with Crippen LogP contribution < -0.4 is 5.56 Å². The molecule has 0 radical (unpaired) electrons. The van der Waals surface area contributed by atoms with Crippen LogP contribution in [-0.2, 0) is 0 Å². The highest BCUT2D eigenvalue weighted by atomic mass is 32.1. The van der Waals surface area contributed by atoms with Gasteiger partial charge in [-0.05, 0) is 74.8 Å². The first-order valence-electron chi connectivity index (χ1n) is 10.8. The summed E-state index contributed by atoms with van der Waals surface area (Å²) in [6.07, 6.45) is 0. The molecule has 5 nitrogen and oxygen atoms in total. The molecular formula is C24H27FN4OS3. The normalized spacial score (nSPS) is 11.0. The Bertz CT molecular complexity index is 1420. The highest BCUT2D eigenvalue weighted by Crippen LogP contribution is 2.25. The maximum Gasteiger partial charge on any atom is 0.278 e. The maximum absolute atomic E-state index is 14.2. The van der Waals surface area contributed by atoms with E-state index < -0.39 is 11.4 Å². The number of nitrogens with zero attached hydrogens (tertiary/aromatic N) is 3. The number of hydrogen-bond acceptors (Lipinski definition) is 5. The summed E-state index contributed by atoms with van der Waals surface area (Å²) in [7, 11) is 0. The first-order chi connectivity index (χ1) is 15.8. The van der Waals surface area contributed by atoms with Crippen molar-refractivity contribution in [2.24, 2.45) is 0 Å². The topological polar surface area (TPSA) is 46.0 Å². The summed E-state index contributed by atoms with van der Waals surface area (Å²) >= 11 is 12.0. The Morgan fingerprint density at radius 3 is 2.06 bits per heavy atom. The van der Waals surface area contributed by atoms with Gasteiger partial charge in [0, 0.05) is 0 Å². The fourth-order valence-corrected chi connectivity index (χ4v) is 5.13. The molecule has 0 unspecified atom stereocenters. The molecule has 2 aromatic carbocycles. The van der Waals surface area contributed by atoms with E-state index in [2.05, 4.69) is 30.7 Å². The van der Waals surface area contributed by atoms with Gasteiger partial charge in [0.25, 0.3) is 5.56 Å². The van der Waals surface area contributed by atoms with E-state index in [-0.39, 0.29) is 10.5 Å². The van der Waals surface area contributed by atoms with Crippen LogP contribution >= 0.6 is 35.8 Å². The van der Waals surface area contributed by atoms with Crippen molar-refractivity contribution < 1.29 is 4.39 Å². The molecule has 0 spiro atoms. The van der Waals surface area contributed by atoms with E-state index in [0.717, 1.165) is 11.3 Å². The third kappa shape index (κ3) is 5.22. The number of para-hydroxylation sites is 2. The Morgan fingerprint density at radius 1 is 0.939 bits per heavy atom. The Morgan fingerprint density at radius 2 is 1.52 bits per heavy atom. The van der Waals surface area contributed by atoms with Gasteiger partial charge in [-0.2, -0.15) is 0 Å². The standard InChI is InChI=1S/C18H12FN3OS3.C6H15N/c1-10-6-2-4-8-12(10)21-15-14(26-18(21)25)16(23)22(17(24)20-15)13-9-5-3-7-11(13)19;1-4-7(5-2)6-3/h2-9H,1H3,(H,20,24);4-6H2,1-3H3. The molecule has 1 N–H and O–H groups in total. The number of aromatic amines is 1. The molecular weight excluding hydrogens is 475 g/mol. The first-order valence-corrected chi connectivity index (χ1v) is 12.4. The number of aryl methyl sites for hydroxylation is 1. The second-order valence-corrected chi connectivity index (χ2v) is 9.34. The van der Waals surface area contributed by atoms with E-state index in [0.29, 0.717) is 14.3 Å². The summed E-state index contributed by atoms with van der Waals surface area (Å²) in [5.74, 6) is -0.518. The number of halogens is 1. The Kier molecular flexibility index (Phi) is 8.47. The molecule has 2 heterocycles. The third-order valence-electron chi connectivity index (χ3n) is 5.43. The van der Waals surface area contributed by atoms with Crippen LogP contribution in [0.5, 0.6) is 0 Å². The number of H-pyrrole nitrogens is 1. The number of benzene rings is 2. The van der Waals surface area contributed by atoms with E-state index in [1.54, 1.807) is 16.7 Å². The second kappa shape index (κ2) is 11.1. The smallest absolute Gasteiger partial charge is 0.278 e. The Labute approximate surface area is 206 Å². The van der Waals surface area contributed by atoms with Crippen molar-refractivity contribution in [3.63, 3.8) is 0 Å². The van der Waals surface area contributed by atoms with Crippen molar-refractivity contribution in [1.29, 1.82) is 0 Å². The lowest BCUT2D eigenvalue weighted by atomic mass is 10.2. The van der Waals surface area contributed by atoms with E-state index in [1.807, 2.05) is 31.2 Å². The van der Waals surface area contributed by atoms with E-state index in [4.69, 9.17) is 24.4 Å². The number of thiazole rings is 1. The molecule has 0 aliphatic rings. The molecule has 0 fully saturated rings. The van der Waals surface area contributed by atoms with Crippen LogP contribution in [0.15, 0.2) is 53.3 Å². The molecule has 9 heteroatoms. The molecule has 33 heavy (non-hydrogen) atoms. The lowest BCUT2D eigenvalue weighted by Gasteiger charge is -2.13. The van der Waals surface area contributed by atoms with Crippen molar-refractivity contribution in [2.45, 2.75) is 27.7 Å². The van der Waals surface area contributed by atoms with Crippen LogP contribution in [0.2, 0.25) is 0 Å². The highest BCUT2D eigenvalue weighted by Gasteiger charge is 2.17. The lowest BCUT2D eigenvalue weighted by molar-refractivity contribution is 0.321. The van der Waals surface area contributed by atoms with Gasteiger partial charge in [-0.15, -0.1) is 0 Å². The Hall–Kier alpha value is -2.46. The van der Waals surface area contributed by atoms with Crippen LogP contribution in [0, 0.1) is 21.5 Å². The highest BCUT2D eigenvalue weighted by molar-refractivity contribution is 7.73. The molecule has 0 bridgehead atoms. The van der Waals surface area contributed by atoms with Crippen molar-refractivity contribution >= 4 is 46.1 Å². The van der Waals surface area contributed by atoms with Crippen LogP contribution in [0.25, 0.3) is 21.7 Å². The maximum atomic E-state index is 14.2. The van der Waals surface area contributed by atoms with Gasteiger partial charge in [-0.1, -0.05) is 62.4 Å². The molecule has 4 rings (SSSR count). The number of nitrogens with one attached hydrogen (secondary N) is 1. The first kappa shape index (κ1) is 25.2. The minimum Gasteiger partial charge on any atom is -0.316 e. The summed E-state index contributed by atoms with van der Waals surface area (Å²) in [6.45, 7) is 12.1. The SMILES string of the molecule is CCN(CC)CC.Cc1ccccc1-n1c(=S)sc2c(=O)n(-c3ccccc3F)c(=S)[nH]c21. The number of aromatic nitrogens is 3. The fourth-order valence-electron chi connectivity index (χ4n) is 3.54. The van der Waals surface area contributed by atoms with Crippen LogP contribution in [0.3, 0.4) is 0 Å². The quantitative estimate of drug-likeness (QED) is 0.320. The molecule has 0 saturated heterocycles. The van der Waals surface area contributed by atoms with Gasteiger partial charge in [0.1, 0.15) is 16.2 Å². The second-order valence-electron chi connectivity index (χ2n) is 7.31. The molecule has 2 aromatic heterocycles. The minimum absolute atomic E-state index is 0.113. The summed E-state index contributed by atoms with van der Waals surface area (Å²) in [5.41, 5.74) is 2.13. The van der Waals surface area contributed by atoms with Crippen LogP contribution in [0.4, 0.5) is 4.39 Å². The van der Waals surface area contributed by atoms with Gasteiger partial charge in [0.2, 0.25) is 0 Å². The van der Waals surface area contributed by atoms with Gasteiger partial charge in [0.05, 0.1) is 11.4 Å².